The average Bonchev–Trinajstić information content (AvgIpc) is 0.829. The maximum Gasteiger partial charge on any atom is 3.00 e. The first kappa shape index (κ1) is 125. The fourth-order valence-electron chi connectivity index (χ4n) is 9.53. The van der Waals surface area contributed by atoms with E-state index in [1.54, 1.807) is 110 Å². The van der Waals surface area contributed by atoms with Crippen molar-refractivity contribution in [3.05, 3.63) is 451 Å². The number of anilines is 1. The van der Waals surface area contributed by atoms with Gasteiger partial charge in [0.05, 0.1) is 0 Å². The molecule has 0 aliphatic carbocycles. The Labute approximate surface area is 845 Å². The second-order valence-corrected chi connectivity index (χ2v) is 24.4. The summed E-state index contributed by atoms with van der Waals surface area (Å²) in [6.07, 6.45) is 8.52. The minimum absolute atomic E-state index is 0. The normalized spacial score (nSPS) is 8.81. The van der Waals surface area contributed by atoms with Gasteiger partial charge in [-0.15, -0.1) is 60.7 Å². The molecule has 15 nitrogen and oxygen atoms in total. The number of aromatic nitrogens is 5. The predicted octanol–water partition coefficient (Wildman–Crippen LogP) is 24.3. The number of hydrogen-bond donors (Lipinski definition) is 1. The molecule has 0 aliphatic rings. The molecule has 0 aliphatic heterocycles. The Bertz CT molecular complexity index is 5110. The molecule has 10 aromatic carbocycles. The van der Waals surface area contributed by atoms with E-state index >= 15 is 0 Å². The van der Waals surface area contributed by atoms with Crippen molar-refractivity contribution < 1.29 is 145 Å². The zero-order valence-electron chi connectivity index (χ0n) is 69.9. The molecule has 1 N–H and O–H groups in total. The molecular formula is C100H76Cl2F10Ir5N14OS-2. The van der Waals surface area contributed by atoms with Crippen LogP contribution in [0.25, 0.3) is 56.3 Å². The van der Waals surface area contributed by atoms with Crippen molar-refractivity contribution in [3.63, 3.8) is 0 Å². The van der Waals surface area contributed by atoms with Crippen molar-refractivity contribution in [2.75, 3.05) is 19.0 Å². The molecular weight excluding hydrogens is 2670 g/mol. The molecule has 15 rings (SSSR count). The van der Waals surface area contributed by atoms with E-state index in [1.807, 2.05) is 177 Å². The molecule has 0 unspecified atom stereocenters. The van der Waals surface area contributed by atoms with Crippen LogP contribution >= 0.6 is 19.2 Å². The van der Waals surface area contributed by atoms with Gasteiger partial charge in [-0.3, -0.25) is 43.9 Å². The molecule has 0 amide bonds. The number of rotatable bonds is 16. The van der Waals surface area contributed by atoms with E-state index < -0.39 is 58.2 Å². The Morgan fingerprint density at radius 1 is 0.338 bits per heavy atom. The third-order valence-corrected chi connectivity index (χ3v) is 15.1. The zero-order chi connectivity index (χ0) is 96.3. The third kappa shape index (κ3) is 55.0. The average molecular weight is 2740 g/mol. The fraction of sp³-hybridized carbons (Fsp3) is 0.0700. The Kier molecular flexibility index (Phi) is 75.6. The van der Waals surface area contributed by atoms with Gasteiger partial charge in [0.15, 0.2) is 0 Å². The first-order valence-corrected chi connectivity index (χ1v) is 43.2. The van der Waals surface area contributed by atoms with Crippen LogP contribution in [0.4, 0.5) is 49.6 Å². The molecule has 33 heteroatoms. The van der Waals surface area contributed by atoms with Crippen LogP contribution in [0.3, 0.4) is 0 Å². The molecule has 689 valence electrons. The van der Waals surface area contributed by atoms with Crippen molar-refractivity contribution >= 4 is 71.1 Å². The number of aliphatic hydroxyl groups excluding tert-OH is 1. The summed E-state index contributed by atoms with van der Waals surface area (Å²) in [4.78, 5) is 39.3. The van der Waals surface area contributed by atoms with Gasteiger partial charge in [0.2, 0.25) is 0 Å². The molecule has 0 spiro atoms. The minimum Gasteiger partial charge on any atom is 0 e. The number of hydrogen-bond acceptors (Lipinski definition) is 16. The summed E-state index contributed by atoms with van der Waals surface area (Å²) in [5.74, 6) is -6.45. The number of thiocyanates is 1. The van der Waals surface area contributed by atoms with Gasteiger partial charge < -0.3 is 118 Å². The molecule has 15 aromatic rings. The smallest absolute Gasteiger partial charge is 0 e. The van der Waals surface area contributed by atoms with Gasteiger partial charge in [-0.2, -0.15) is 5.26 Å². The van der Waals surface area contributed by atoms with E-state index in [2.05, 4.69) is 112 Å². The number of benzene rings is 10. The summed E-state index contributed by atoms with van der Waals surface area (Å²) in [6.45, 7) is 32.7. The monoisotopic (exact) mass is 2750 g/mol. The first-order chi connectivity index (χ1) is 63.1. The maximum atomic E-state index is 13.5. The van der Waals surface area contributed by atoms with Gasteiger partial charge in [0, 0.05) is 162 Å². The Balaban J connectivity index is -0.00000140. The summed E-state index contributed by atoms with van der Waals surface area (Å²) >= 11 is 6.64. The summed E-state index contributed by atoms with van der Waals surface area (Å²) in [6, 6.07) is 95.7. The van der Waals surface area contributed by atoms with E-state index in [4.69, 9.17) is 61.1 Å². The maximum absolute atomic E-state index is 13.5. The van der Waals surface area contributed by atoms with Crippen LogP contribution < -0.4 is 4.90 Å². The van der Waals surface area contributed by atoms with Crippen LogP contribution in [0.15, 0.2) is 353 Å². The summed E-state index contributed by atoms with van der Waals surface area (Å²) < 4.78 is 130. The number of aliphatic hydroxyl groups is 1. The number of aliphatic imine (C=N–C) groups is 5. The van der Waals surface area contributed by atoms with Gasteiger partial charge in [-0.1, -0.05) is 270 Å². The number of nitrogens with zero attached hydrogens (tertiary/aromatic N) is 14. The van der Waals surface area contributed by atoms with Crippen LogP contribution in [0, 0.1) is 123 Å². The molecule has 1 radical (unpaired) electrons. The summed E-state index contributed by atoms with van der Waals surface area (Å²) in [7, 11) is 13.0. The first-order valence-electron chi connectivity index (χ1n) is 36.8. The zero-order valence-corrected chi connectivity index (χ0v) is 84.2. The van der Waals surface area contributed by atoms with Crippen LogP contribution in [0.5, 0.6) is 0 Å². The topological polar surface area (TPSA) is 221 Å². The Morgan fingerprint density at radius 2 is 0.511 bits per heavy atom. The van der Waals surface area contributed by atoms with Crippen LogP contribution in [0.2, 0.25) is 0 Å². The van der Waals surface area contributed by atoms with E-state index in [9.17, 15) is 43.9 Å². The Hall–Kier alpha value is -12.3. The number of halogens is 12. The molecule has 5 heterocycles. The van der Waals surface area contributed by atoms with Crippen molar-refractivity contribution in [2.24, 2.45) is 25.0 Å². The van der Waals surface area contributed by atoms with Gasteiger partial charge >= 0.3 is 95.2 Å². The SMILES string of the molecule is CN(C)c1ccnc(-c2[c-]cc(F)cc2F)c1.Fc1c[c-]c(-c2ccccn2)c(F)c1.Fc1c[c-]c(-c2ccccn2)c(F)c1.Fc1c[c-]c(-c2ccccn2)c(F)c1.Fc1c[c-]c(-c2ccccn2)c(F)c1.N#CO.N#C[S-].[C-]#N.[CH-]=NCc1ccccc1.[CH-]=NCc1ccccc1.[CH-]=NCc1ccccc1.[CH-]=NCc1ccccc1.[CH-]=NCc1ccccc1.[Cl][Ir+2].[Cl][Ir+2].[Ir+3].[Ir+3].[Ir]. The molecule has 0 bridgehead atoms. The minimum atomic E-state index is -0.659. The van der Waals surface area contributed by atoms with Crippen molar-refractivity contribution in [1.29, 1.82) is 15.8 Å². The third-order valence-electron chi connectivity index (χ3n) is 15.1. The van der Waals surface area contributed by atoms with Crippen LogP contribution in [-0.2, 0) is 141 Å². The largest absolute Gasteiger partial charge is 3.00 e. The van der Waals surface area contributed by atoms with E-state index in [0.29, 0.717) is 61.2 Å². The second-order valence-electron chi connectivity index (χ2n) is 24.2. The van der Waals surface area contributed by atoms with E-state index in [0.717, 1.165) is 100 Å². The number of pyridine rings is 5. The van der Waals surface area contributed by atoms with Gasteiger partial charge in [-0.25, -0.2) is 5.26 Å². The van der Waals surface area contributed by atoms with Crippen molar-refractivity contribution in [3.8, 4) is 67.9 Å². The predicted molar refractivity (Wildman–Crippen MR) is 487 cm³/mol. The van der Waals surface area contributed by atoms with Crippen molar-refractivity contribution in [2.45, 2.75) is 32.7 Å². The van der Waals surface area contributed by atoms with Gasteiger partial charge in [0.25, 0.3) is 6.26 Å². The van der Waals surface area contributed by atoms with E-state index in [1.165, 1.54) is 41.2 Å². The van der Waals surface area contributed by atoms with Gasteiger partial charge in [0.1, 0.15) is 0 Å². The number of nitriles is 2. The molecule has 0 saturated heterocycles. The summed E-state index contributed by atoms with van der Waals surface area (Å²) in [5.41, 5.74) is 9.82. The quantitative estimate of drug-likeness (QED) is 0.0315. The van der Waals surface area contributed by atoms with Gasteiger partial charge in [-0.05, 0) is 86.6 Å². The van der Waals surface area contributed by atoms with E-state index in [-0.39, 0.29) is 88.1 Å². The Morgan fingerprint density at radius 3 is 0.669 bits per heavy atom. The summed E-state index contributed by atoms with van der Waals surface area (Å²) in [5, 5.41) is 28.5. The van der Waals surface area contributed by atoms with Crippen LogP contribution in [-0.4, -0.2) is 77.7 Å². The second kappa shape index (κ2) is 80.6. The standard InChI is InChI=1S/C13H11F2N2.4C11H6F2N.5C8H8N.CHNO.CHNS.CN.2ClH.5Ir/c1-17(2)10-5-6-16-13(8-10)11-4-3-9(14)7-12(11)15;4*12-8-4-5-9(10(13)7-8)11-3-1-2-6-14-11;5*1-9-7-8-5-3-2-4-6-8;2*2-1-3;1-2;;;;;;;/h3,5-8H,1-2H3;4*1-4,6-7H;5*1-6H,7H2;2*3H;;2*1H;;;;;/q10*-1;;;-1;;;;4*+3/p-3. The molecule has 5 aromatic heterocycles. The molecule has 0 saturated carbocycles. The molecule has 133 heavy (non-hydrogen) atoms. The fourth-order valence-corrected chi connectivity index (χ4v) is 9.53. The molecule has 0 fully saturated rings. The molecule has 0 atom stereocenters. The van der Waals surface area contributed by atoms with Crippen LogP contribution in [0.1, 0.15) is 27.8 Å². The van der Waals surface area contributed by atoms with Crippen molar-refractivity contribution in [1.82, 2.24) is 24.9 Å².